The molecule has 1 saturated carbocycles. The van der Waals surface area contributed by atoms with Crippen LogP contribution in [0.15, 0.2) is 36.5 Å². The third-order valence-corrected chi connectivity index (χ3v) is 5.24. The van der Waals surface area contributed by atoms with E-state index in [9.17, 15) is 9.18 Å². The molecule has 0 saturated heterocycles. The van der Waals surface area contributed by atoms with Crippen molar-refractivity contribution in [2.24, 2.45) is 5.92 Å². The highest BCUT2D eigenvalue weighted by atomic mass is 19.1. The van der Waals surface area contributed by atoms with Crippen LogP contribution in [0.25, 0.3) is 16.9 Å². The number of hydrogen-bond donors (Lipinski definition) is 1. The molecule has 0 unspecified atom stereocenters. The predicted molar refractivity (Wildman–Crippen MR) is 103 cm³/mol. The highest BCUT2D eigenvalue weighted by Gasteiger charge is 2.39. The summed E-state index contributed by atoms with van der Waals surface area (Å²) in [5.74, 6) is -0.0533. The number of benzene rings is 1. The standard InChI is InChI=1S/C21H23FN4O2/c1-21(2,14-7-8-14)25-20(27)17-11-23-26-16(12-28-3)10-18(24-19(17)26)13-5-4-6-15(22)9-13/h4-6,9-11,14H,7-8,12H2,1-3H3,(H,25,27). The summed E-state index contributed by atoms with van der Waals surface area (Å²) >= 11 is 0. The molecule has 1 amide bonds. The number of amides is 1. The summed E-state index contributed by atoms with van der Waals surface area (Å²) in [6.07, 6.45) is 3.78. The Bertz CT molecular complexity index is 1040. The van der Waals surface area contributed by atoms with E-state index in [2.05, 4.69) is 15.4 Å². The molecule has 7 heteroatoms. The van der Waals surface area contributed by atoms with Crippen LogP contribution in [0.1, 0.15) is 42.7 Å². The van der Waals surface area contributed by atoms with Crippen LogP contribution in [-0.4, -0.2) is 33.2 Å². The van der Waals surface area contributed by atoms with Gasteiger partial charge in [-0.2, -0.15) is 5.10 Å². The van der Waals surface area contributed by atoms with Crippen LogP contribution in [0.4, 0.5) is 4.39 Å². The van der Waals surface area contributed by atoms with Crippen LogP contribution in [-0.2, 0) is 11.3 Å². The minimum absolute atomic E-state index is 0.209. The summed E-state index contributed by atoms with van der Waals surface area (Å²) in [5, 5.41) is 7.45. The minimum Gasteiger partial charge on any atom is -0.378 e. The van der Waals surface area contributed by atoms with Gasteiger partial charge in [0, 0.05) is 18.2 Å². The van der Waals surface area contributed by atoms with Crippen LogP contribution in [0.5, 0.6) is 0 Å². The Hall–Kier alpha value is -2.80. The van der Waals surface area contributed by atoms with Crippen molar-refractivity contribution in [1.29, 1.82) is 0 Å². The van der Waals surface area contributed by atoms with Crippen molar-refractivity contribution in [3.8, 4) is 11.3 Å². The first-order valence-electron chi connectivity index (χ1n) is 9.34. The molecule has 6 nitrogen and oxygen atoms in total. The Balaban J connectivity index is 1.79. The van der Waals surface area contributed by atoms with E-state index in [1.807, 2.05) is 13.8 Å². The van der Waals surface area contributed by atoms with E-state index in [0.29, 0.717) is 28.4 Å². The number of nitrogens with zero attached hydrogens (tertiary/aromatic N) is 3. The number of aromatic nitrogens is 3. The molecule has 1 aliphatic carbocycles. The second-order valence-corrected chi connectivity index (χ2v) is 7.82. The third kappa shape index (κ3) is 3.49. The van der Waals surface area contributed by atoms with E-state index in [4.69, 9.17) is 4.74 Å². The molecule has 0 aliphatic heterocycles. The molecule has 0 atom stereocenters. The number of rotatable bonds is 6. The maximum atomic E-state index is 13.7. The molecule has 1 N–H and O–H groups in total. The molecule has 3 aromatic rings. The van der Waals surface area contributed by atoms with Gasteiger partial charge in [-0.25, -0.2) is 13.9 Å². The van der Waals surface area contributed by atoms with Gasteiger partial charge in [0.05, 0.1) is 24.2 Å². The summed E-state index contributed by atoms with van der Waals surface area (Å²) in [4.78, 5) is 17.6. The topological polar surface area (TPSA) is 68.5 Å². The van der Waals surface area contributed by atoms with E-state index in [1.54, 1.807) is 29.8 Å². The highest BCUT2D eigenvalue weighted by Crippen LogP contribution is 2.39. The molecule has 2 aromatic heterocycles. The van der Waals surface area contributed by atoms with E-state index in [0.717, 1.165) is 18.5 Å². The molecular formula is C21H23FN4O2. The molecule has 2 heterocycles. The molecular weight excluding hydrogens is 359 g/mol. The lowest BCUT2D eigenvalue weighted by molar-refractivity contribution is 0.0905. The van der Waals surface area contributed by atoms with Gasteiger partial charge >= 0.3 is 0 Å². The Morgan fingerprint density at radius 2 is 2.14 bits per heavy atom. The predicted octanol–water partition coefficient (Wildman–Crippen LogP) is 3.60. The zero-order valence-electron chi connectivity index (χ0n) is 16.2. The molecule has 0 radical (unpaired) electrons. The van der Waals surface area contributed by atoms with Crippen LogP contribution in [0, 0.1) is 11.7 Å². The lowest BCUT2D eigenvalue weighted by Gasteiger charge is -2.25. The largest absolute Gasteiger partial charge is 0.378 e. The SMILES string of the molecule is COCc1cc(-c2cccc(F)c2)nc2c(C(=O)NC(C)(C)C3CC3)cnn12. The highest BCUT2D eigenvalue weighted by molar-refractivity contribution is 6.00. The van der Waals surface area contributed by atoms with Gasteiger partial charge in [-0.3, -0.25) is 4.79 Å². The second kappa shape index (κ2) is 6.98. The Morgan fingerprint density at radius 3 is 2.82 bits per heavy atom. The fraction of sp³-hybridized carbons (Fsp3) is 0.381. The zero-order valence-corrected chi connectivity index (χ0v) is 16.2. The van der Waals surface area contributed by atoms with E-state index >= 15 is 0 Å². The second-order valence-electron chi connectivity index (χ2n) is 7.82. The first-order valence-corrected chi connectivity index (χ1v) is 9.34. The van der Waals surface area contributed by atoms with Gasteiger partial charge in [0.2, 0.25) is 0 Å². The molecule has 0 spiro atoms. The first-order chi connectivity index (χ1) is 13.4. The van der Waals surface area contributed by atoms with Crippen molar-refractivity contribution < 1.29 is 13.9 Å². The normalized spacial score (nSPS) is 14.4. The first kappa shape index (κ1) is 18.6. The summed E-state index contributed by atoms with van der Waals surface area (Å²) in [6, 6.07) is 8.02. The van der Waals surface area contributed by atoms with Gasteiger partial charge in [-0.15, -0.1) is 0 Å². The fourth-order valence-electron chi connectivity index (χ4n) is 3.50. The number of nitrogens with one attached hydrogen (secondary N) is 1. The van der Waals surface area contributed by atoms with Gasteiger partial charge in [-0.05, 0) is 50.8 Å². The zero-order chi connectivity index (χ0) is 19.9. The lowest BCUT2D eigenvalue weighted by atomic mass is 9.98. The molecule has 146 valence electrons. The van der Waals surface area contributed by atoms with Gasteiger partial charge in [0.1, 0.15) is 11.4 Å². The smallest absolute Gasteiger partial charge is 0.257 e. The number of hydrogen-bond acceptors (Lipinski definition) is 4. The number of ether oxygens (including phenoxy) is 1. The maximum absolute atomic E-state index is 13.7. The van der Waals surface area contributed by atoms with Crippen molar-refractivity contribution in [1.82, 2.24) is 19.9 Å². The van der Waals surface area contributed by atoms with Gasteiger partial charge in [0.15, 0.2) is 5.65 Å². The maximum Gasteiger partial charge on any atom is 0.257 e. The number of methoxy groups -OCH3 is 1. The quantitative estimate of drug-likeness (QED) is 0.707. The Kier molecular flexibility index (Phi) is 4.63. The van der Waals surface area contributed by atoms with Crippen LogP contribution in [0.2, 0.25) is 0 Å². The summed E-state index contributed by atoms with van der Waals surface area (Å²) in [5.41, 5.74) is 2.47. The van der Waals surface area contributed by atoms with Gasteiger partial charge < -0.3 is 10.1 Å². The lowest BCUT2D eigenvalue weighted by Crippen LogP contribution is -2.45. The fourth-order valence-corrected chi connectivity index (χ4v) is 3.50. The molecule has 1 fully saturated rings. The van der Waals surface area contributed by atoms with Crippen LogP contribution in [0.3, 0.4) is 0 Å². The molecule has 28 heavy (non-hydrogen) atoms. The van der Waals surface area contributed by atoms with Crippen molar-refractivity contribution in [3.63, 3.8) is 0 Å². The summed E-state index contributed by atoms with van der Waals surface area (Å²) in [6.45, 7) is 4.37. The Morgan fingerprint density at radius 1 is 1.36 bits per heavy atom. The average molecular weight is 382 g/mol. The van der Waals surface area contributed by atoms with Crippen molar-refractivity contribution >= 4 is 11.6 Å². The molecule has 1 aliphatic rings. The number of halogens is 1. The van der Waals surface area contributed by atoms with E-state index < -0.39 is 0 Å². The monoisotopic (exact) mass is 382 g/mol. The van der Waals surface area contributed by atoms with E-state index in [-0.39, 0.29) is 23.9 Å². The Labute approximate surface area is 162 Å². The van der Waals surface area contributed by atoms with Crippen molar-refractivity contribution in [3.05, 3.63) is 53.6 Å². The van der Waals surface area contributed by atoms with Crippen molar-refractivity contribution in [2.75, 3.05) is 7.11 Å². The van der Waals surface area contributed by atoms with Gasteiger partial charge in [0.25, 0.3) is 5.91 Å². The number of carbonyl (C=O) groups excluding carboxylic acids is 1. The molecule has 0 bridgehead atoms. The number of fused-ring (bicyclic) bond motifs is 1. The van der Waals surface area contributed by atoms with Crippen LogP contribution < -0.4 is 5.32 Å². The minimum atomic E-state index is -0.342. The average Bonchev–Trinajstić information content (AvgIpc) is 3.42. The van der Waals surface area contributed by atoms with E-state index in [1.165, 1.54) is 18.3 Å². The van der Waals surface area contributed by atoms with Crippen molar-refractivity contribution in [2.45, 2.75) is 38.8 Å². The number of carbonyl (C=O) groups is 1. The molecule has 4 rings (SSSR count). The molecule has 1 aromatic carbocycles. The summed E-state index contributed by atoms with van der Waals surface area (Å²) < 4.78 is 20.6. The third-order valence-electron chi connectivity index (χ3n) is 5.24. The van der Waals surface area contributed by atoms with Gasteiger partial charge in [-0.1, -0.05) is 12.1 Å². The summed E-state index contributed by atoms with van der Waals surface area (Å²) in [7, 11) is 1.59. The van der Waals surface area contributed by atoms with Crippen LogP contribution >= 0.6 is 0 Å².